The summed E-state index contributed by atoms with van der Waals surface area (Å²) in [5.74, 6) is -0.734. The Kier molecular flexibility index (Phi) is 5.00. The predicted molar refractivity (Wildman–Crippen MR) is 79.8 cm³/mol. The maximum Gasteiger partial charge on any atom is 0.358 e. The van der Waals surface area contributed by atoms with E-state index < -0.39 is 16.0 Å². The van der Waals surface area contributed by atoms with E-state index in [0.29, 0.717) is 6.54 Å². The number of carbonyl (C=O) groups is 1. The third-order valence-corrected chi connectivity index (χ3v) is 6.98. The molecule has 1 heterocycles. The second-order valence-electron chi connectivity index (χ2n) is 5.37. The zero-order valence-electron chi connectivity index (χ0n) is 12.2. The molecule has 1 fully saturated rings. The maximum absolute atomic E-state index is 12.4. The molecule has 0 spiro atoms. The first-order chi connectivity index (χ1) is 9.94. The van der Waals surface area contributed by atoms with Gasteiger partial charge in [-0.25, -0.2) is 22.9 Å². The molecule has 0 saturated heterocycles. The number of ether oxygens (including phenoxy) is 1. The lowest BCUT2D eigenvalue weighted by Gasteiger charge is -2.27. The van der Waals surface area contributed by atoms with E-state index in [-0.39, 0.29) is 15.3 Å². The second-order valence-corrected chi connectivity index (χ2v) is 8.18. The number of carbonyl (C=O) groups excluding carboxylic acids is 1. The van der Waals surface area contributed by atoms with Crippen LogP contribution in [-0.2, 0) is 14.8 Å². The van der Waals surface area contributed by atoms with Crippen LogP contribution < -0.4 is 4.72 Å². The number of thiazole rings is 1. The summed E-state index contributed by atoms with van der Waals surface area (Å²) < 4.78 is 31.9. The van der Waals surface area contributed by atoms with Gasteiger partial charge in [-0.3, -0.25) is 0 Å². The number of aromatic nitrogens is 1. The molecule has 0 amide bonds. The Labute approximate surface area is 129 Å². The largest absolute Gasteiger partial charge is 0.464 e. The maximum atomic E-state index is 12.4. The number of hydrogen-bond donors (Lipinski definition) is 1. The van der Waals surface area contributed by atoms with Crippen LogP contribution in [0.25, 0.3) is 0 Å². The highest BCUT2D eigenvalue weighted by Crippen LogP contribution is 2.40. The highest BCUT2D eigenvalue weighted by atomic mass is 32.2. The van der Waals surface area contributed by atoms with Gasteiger partial charge in [0, 0.05) is 6.54 Å². The molecule has 1 aliphatic carbocycles. The molecular weight excluding hydrogens is 312 g/mol. The first-order valence-electron chi connectivity index (χ1n) is 6.95. The van der Waals surface area contributed by atoms with E-state index in [2.05, 4.69) is 21.4 Å². The van der Waals surface area contributed by atoms with E-state index in [1.807, 2.05) is 0 Å². The van der Waals surface area contributed by atoms with Gasteiger partial charge in [0.25, 0.3) is 10.0 Å². The van der Waals surface area contributed by atoms with Crippen LogP contribution in [0.2, 0.25) is 0 Å². The van der Waals surface area contributed by atoms with Crippen molar-refractivity contribution < 1.29 is 17.9 Å². The normalized spacial score (nSPS) is 17.8. The van der Waals surface area contributed by atoms with Crippen molar-refractivity contribution in [3.8, 4) is 0 Å². The highest BCUT2D eigenvalue weighted by molar-refractivity contribution is 7.91. The number of hydrogen-bond acceptors (Lipinski definition) is 6. The van der Waals surface area contributed by atoms with Crippen LogP contribution >= 0.6 is 11.3 Å². The lowest BCUT2D eigenvalue weighted by atomic mass is 9.84. The topological polar surface area (TPSA) is 85.4 Å². The SMILES string of the molecule is CCC1(CNS(=O)(=O)c2scnc2C(=O)OC)CCCC1. The fourth-order valence-electron chi connectivity index (χ4n) is 2.75. The first-order valence-corrected chi connectivity index (χ1v) is 9.32. The quantitative estimate of drug-likeness (QED) is 0.807. The van der Waals surface area contributed by atoms with E-state index in [1.54, 1.807) is 0 Å². The molecular formula is C13H20N2O4S2. The minimum Gasteiger partial charge on any atom is -0.464 e. The van der Waals surface area contributed by atoms with Crippen molar-refractivity contribution in [2.45, 2.75) is 43.2 Å². The Morgan fingerprint density at radius 1 is 1.48 bits per heavy atom. The summed E-state index contributed by atoms with van der Waals surface area (Å²) in [6.07, 6.45) is 5.31. The number of methoxy groups -OCH3 is 1. The monoisotopic (exact) mass is 332 g/mol. The van der Waals surface area contributed by atoms with Gasteiger partial charge < -0.3 is 4.74 Å². The number of nitrogens with zero attached hydrogens (tertiary/aromatic N) is 1. The average Bonchev–Trinajstić information content (AvgIpc) is 3.14. The minimum atomic E-state index is -3.73. The van der Waals surface area contributed by atoms with Crippen molar-refractivity contribution in [3.63, 3.8) is 0 Å². The lowest BCUT2D eigenvalue weighted by Crippen LogP contribution is -2.35. The van der Waals surface area contributed by atoms with Crippen molar-refractivity contribution in [2.24, 2.45) is 5.41 Å². The van der Waals surface area contributed by atoms with Crippen LogP contribution in [0.1, 0.15) is 49.5 Å². The van der Waals surface area contributed by atoms with Crippen molar-refractivity contribution in [1.82, 2.24) is 9.71 Å². The van der Waals surface area contributed by atoms with E-state index in [0.717, 1.165) is 43.4 Å². The summed E-state index contributed by atoms with van der Waals surface area (Å²) in [6.45, 7) is 2.50. The predicted octanol–water partition coefficient (Wildman–Crippen LogP) is 2.18. The summed E-state index contributed by atoms with van der Waals surface area (Å²) in [6, 6.07) is 0. The summed E-state index contributed by atoms with van der Waals surface area (Å²) >= 11 is 0.927. The Morgan fingerprint density at radius 2 is 2.14 bits per heavy atom. The number of esters is 1. The molecule has 0 bridgehead atoms. The van der Waals surface area contributed by atoms with E-state index in [4.69, 9.17) is 0 Å². The molecule has 8 heteroatoms. The summed E-state index contributed by atoms with van der Waals surface area (Å²) in [4.78, 5) is 15.3. The van der Waals surface area contributed by atoms with Gasteiger partial charge in [-0.2, -0.15) is 0 Å². The molecule has 0 unspecified atom stereocenters. The van der Waals surface area contributed by atoms with E-state index >= 15 is 0 Å². The van der Waals surface area contributed by atoms with Crippen LogP contribution in [-0.4, -0.2) is 33.0 Å². The summed E-state index contributed by atoms with van der Waals surface area (Å²) in [5, 5.41) is 0. The fourth-order valence-corrected chi connectivity index (χ4v) is 5.08. The molecule has 1 aliphatic rings. The molecule has 2 rings (SSSR count). The molecule has 0 aromatic carbocycles. The van der Waals surface area contributed by atoms with Gasteiger partial charge in [0.15, 0.2) is 9.90 Å². The molecule has 6 nitrogen and oxygen atoms in total. The summed E-state index contributed by atoms with van der Waals surface area (Å²) in [5.41, 5.74) is 1.24. The van der Waals surface area contributed by atoms with Crippen LogP contribution in [0, 0.1) is 5.41 Å². The third-order valence-electron chi connectivity index (χ3n) is 4.21. The number of nitrogens with one attached hydrogen (secondary N) is 1. The van der Waals surface area contributed by atoms with Crippen molar-refractivity contribution in [3.05, 3.63) is 11.2 Å². The second kappa shape index (κ2) is 6.41. The molecule has 0 radical (unpaired) electrons. The molecule has 1 aromatic heterocycles. The van der Waals surface area contributed by atoms with Crippen LogP contribution in [0.4, 0.5) is 0 Å². The van der Waals surface area contributed by atoms with E-state index in [9.17, 15) is 13.2 Å². The van der Waals surface area contributed by atoms with Crippen LogP contribution in [0.15, 0.2) is 9.72 Å². The van der Waals surface area contributed by atoms with Gasteiger partial charge in [-0.15, -0.1) is 11.3 Å². The Balaban J connectivity index is 2.16. The highest BCUT2D eigenvalue weighted by Gasteiger charge is 2.34. The van der Waals surface area contributed by atoms with Gasteiger partial charge in [0.05, 0.1) is 12.6 Å². The van der Waals surface area contributed by atoms with Crippen LogP contribution in [0.5, 0.6) is 0 Å². The number of sulfonamides is 1. The lowest BCUT2D eigenvalue weighted by molar-refractivity contribution is 0.0590. The molecule has 118 valence electrons. The fraction of sp³-hybridized carbons (Fsp3) is 0.692. The zero-order chi connectivity index (χ0) is 15.5. The standard InChI is InChI=1S/C13H20N2O4S2/c1-3-13(6-4-5-7-13)8-15-21(17,18)12-10(11(16)19-2)14-9-20-12/h9,15H,3-8H2,1-2H3. The van der Waals surface area contributed by atoms with Crippen molar-refractivity contribution in [2.75, 3.05) is 13.7 Å². The average molecular weight is 332 g/mol. The van der Waals surface area contributed by atoms with Gasteiger partial charge >= 0.3 is 5.97 Å². The molecule has 1 N–H and O–H groups in total. The molecule has 21 heavy (non-hydrogen) atoms. The smallest absolute Gasteiger partial charge is 0.358 e. The molecule has 1 aromatic rings. The van der Waals surface area contributed by atoms with Crippen molar-refractivity contribution in [1.29, 1.82) is 0 Å². The molecule has 0 aliphatic heterocycles. The number of rotatable bonds is 6. The van der Waals surface area contributed by atoms with Crippen LogP contribution in [0.3, 0.4) is 0 Å². The van der Waals surface area contributed by atoms with Gasteiger partial charge in [-0.05, 0) is 24.7 Å². The van der Waals surface area contributed by atoms with Gasteiger partial charge in [0.1, 0.15) is 0 Å². The van der Waals surface area contributed by atoms with E-state index in [1.165, 1.54) is 12.6 Å². The van der Waals surface area contributed by atoms with Crippen molar-refractivity contribution >= 4 is 27.3 Å². The minimum absolute atomic E-state index is 0.0448. The molecule has 0 atom stereocenters. The Morgan fingerprint density at radius 3 is 2.71 bits per heavy atom. The Hall–Kier alpha value is -0.990. The van der Waals surface area contributed by atoms with Gasteiger partial charge in [-0.1, -0.05) is 19.8 Å². The first kappa shape index (κ1) is 16.4. The third kappa shape index (κ3) is 3.44. The zero-order valence-corrected chi connectivity index (χ0v) is 13.8. The van der Waals surface area contributed by atoms with Gasteiger partial charge in [0.2, 0.25) is 0 Å². The summed E-state index contributed by atoms with van der Waals surface area (Å²) in [7, 11) is -2.53. The molecule has 1 saturated carbocycles. The Bertz CT molecular complexity index is 603.